The van der Waals surface area contributed by atoms with Gasteiger partial charge in [0.1, 0.15) is 23.7 Å². The molecule has 0 atom stereocenters. The van der Waals surface area contributed by atoms with Gasteiger partial charge in [0.2, 0.25) is 0 Å². The lowest BCUT2D eigenvalue weighted by Gasteiger charge is -2.34. The largest absolute Gasteiger partial charge is 0.489 e. The summed E-state index contributed by atoms with van der Waals surface area (Å²) in [6.45, 7) is 3.03. The summed E-state index contributed by atoms with van der Waals surface area (Å²) in [4.78, 5) is 14.9. The molecule has 1 heterocycles. The standard InChI is InChI=1S/C27H31ClFN3O2/c28-22-5-3-20(4-6-22)27(33)31-24-8-1-19(2-9-24)11-14-32-15-12-25(13-16-32)34-26-10-7-23(29)17-21(26)18-30/h3-7,10,17,19,24-25H,1-2,8-9,11-16H2,(H,31,33). The number of piperidine rings is 1. The Morgan fingerprint density at radius 1 is 1.09 bits per heavy atom. The summed E-state index contributed by atoms with van der Waals surface area (Å²) < 4.78 is 19.3. The van der Waals surface area contributed by atoms with E-state index in [2.05, 4.69) is 10.2 Å². The van der Waals surface area contributed by atoms with Crippen molar-refractivity contribution in [3.05, 3.63) is 64.4 Å². The summed E-state index contributed by atoms with van der Waals surface area (Å²) in [6.07, 6.45) is 7.40. The molecule has 2 aromatic carbocycles. The molecule has 34 heavy (non-hydrogen) atoms. The number of benzene rings is 2. The quantitative estimate of drug-likeness (QED) is 0.559. The van der Waals surface area contributed by atoms with Gasteiger partial charge < -0.3 is 15.0 Å². The van der Waals surface area contributed by atoms with Crippen LogP contribution in [-0.4, -0.2) is 42.6 Å². The third-order valence-corrected chi connectivity index (χ3v) is 7.28. The van der Waals surface area contributed by atoms with Gasteiger partial charge in [0.25, 0.3) is 5.91 Å². The molecule has 4 rings (SSSR count). The fourth-order valence-corrected chi connectivity index (χ4v) is 5.08. The molecule has 0 unspecified atom stereocenters. The van der Waals surface area contributed by atoms with Crippen LogP contribution in [-0.2, 0) is 0 Å². The zero-order valence-electron chi connectivity index (χ0n) is 19.3. The van der Waals surface area contributed by atoms with Gasteiger partial charge in [-0.2, -0.15) is 5.26 Å². The molecule has 2 fully saturated rings. The summed E-state index contributed by atoms with van der Waals surface area (Å²) in [5, 5.41) is 13.0. The molecule has 1 amide bonds. The Bertz CT molecular complexity index is 1010. The van der Waals surface area contributed by atoms with Crippen molar-refractivity contribution >= 4 is 17.5 Å². The summed E-state index contributed by atoms with van der Waals surface area (Å²) >= 11 is 5.90. The third kappa shape index (κ3) is 6.71. The first-order valence-electron chi connectivity index (χ1n) is 12.2. The average Bonchev–Trinajstić information content (AvgIpc) is 2.86. The first kappa shape index (κ1) is 24.5. The zero-order valence-corrected chi connectivity index (χ0v) is 20.1. The number of carbonyl (C=O) groups is 1. The molecule has 1 saturated carbocycles. The number of likely N-dealkylation sites (tertiary alicyclic amines) is 1. The number of hydrogen-bond donors (Lipinski definition) is 1. The number of carbonyl (C=O) groups excluding carboxylic acids is 1. The third-order valence-electron chi connectivity index (χ3n) is 7.03. The molecule has 2 aliphatic rings. The van der Waals surface area contributed by atoms with Crippen molar-refractivity contribution < 1.29 is 13.9 Å². The van der Waals surface area contributed by atoms with Crippen LogP contribution in [0.1, 0.15) is 60.9 Å². The summed E-state index contributed by atoms with van der Waals surface area (Å²) in [6, 6.07) is 13.4. The number of nitrogens with zero attached hydrogens (tertiary/aromatic N) is 2. The second-order valence-corrected chi connectivity index (χ2v) is 9.83. The Morgan fingerprint density at radius 3 is 2.47 bits per heavy atom. The van der Waals surface area contributed by atoms with Gasteiger partial charge in [-0.3, -0.25) is 4.79 Å². The maximum Gasteiger partial charge on any atom is 0.251 e. The van der Waals surface area contributed by atoms with Gasteiger partial charge in [-0.25, -0.2) is 4.39 Å². The maximum atomic E-state index is 13.3. The van der Waals surface area contributed by atoms with Gasteiger partial charge in [0, 0.05) is 29.7 Å². The van der Waals surface area contributed by atoms with Crippen molar-refractivity contribution in [1.29, 1.82) is 5.26 Å². The van der Waals surface area contributed by atoms with Gasteiger partial charge in [-0.1, -0.05) is 11.6 Å². The average molecular weight is 484 g/mol. The summed E-state index contributed by atoms with van der Waals surface area (Å²) in [5.41, 5.74) is 0.907. The Kier molecular flexibility index (Phi) is 8.42. The van der Waals surface area contributed by atoms with Crippen LogP contribution in [0.3, 0.4) is 0 Å². The lowest BCUT2D eigenvalue weighted by atomic mass is 9.84. The SMILES string of the molecule is N#Cc1cc(F)ccc1OC1CCN(CCC2CCC(NC(=O)c3ccc(Cl)cc3)CC2)CC1. The predicted octanol–water partition coefficient (Wildman–Crippen LogP) is 5.57. The highest BCUT2D eigenvalue weighted by atomic mass is 35.5. The van der Waals surface area contributed by atoms with Crippen LogP contribution in [0.5, 0.6) is 5.75 Å². The second-order valence-electron chi connectivity index (χ2n) is 9.40. The lowest BCUT2D eigenvalue weighted by molar-refractivity contribution is 0.0897. The Morgan fingerprint density at radius 2 is 1.79 bits per heavy atom. The van der Waals surface area contributed by atoms with Crippen molar-refractivity contribution in [2.24, 2.45) is 5.92 Å². The predicted molar refractivity (Wildman–Crippen MR) is 130 cm³/mol. The molecule has 0 aromatic heterocycles. The number of ether oxygens (including phenoxy) is 1. The maximum absolute atomic E-state index is 13.3. The van der Waals surface area contributed by atoms with Crippen LogP contribution in [0.25, 0.3) is 0 Å². The fraction of sp³-hybridized carbons (Fsp3) is 0.481. The molecule has 180 valence electrons. The number of hydrogen-bond acceptors (Lipinski definition) is 4. The van der Waals surface area contributed by atoms with E-state index in [4.69, 9.17) is 16.3 Å². The summed E-state index contributed by atoms with van der Waals surface area (Å²) in [7, 11) is 0. The number of nitrogens with one attached hydrogen (secondary N) is 1. The molecule has 5 nitrogen and oxygen atoms in total. The van der Waals surface area contributed by atoms with E-state index < -0.39 is 5.82 Å². The van der Waals surface area contributed by atoms with Crippen LogP contribution < -0.4 is 10.1 Å². The fourth-order valence-electron chi connectivity index (χ4n) is 4.95. The van der Waals surface area contributed by atoms with E-state index in [0.29, 0.717) is 22.3 Å². The van der Waals surface area contributed by atoms with E-state index in [-0.39, 0.29) is 23.6 Å². The van der Waals surface area contributed by atoms with E-state index in [1.807, 2.05) is 6.07 Å². The molecule has 0 bridgehead atoms. The summed E-state index contributed by atoms with van der Waals surface area (Å²) in [5.74, 6) is 0.738. The second kappa shape index (κ2) is 11.7. The van der Waals surface area contributed by atoms with Crippen molar-refractivity contribution in [2.45, 2.75) is 57.1 Å². The van der Waals surface area contributed by atoms with E-state index >= 15 is 0 Å². The first-order chi connectivity index (χ1) is 16.5. The highest BCUT2D eigenvalue weighted by molar-refractivity contribution is 6.30. The minimum absolute atomic E-state index is 0.0206. The first-order valence-corrected chi connectivity index (χ1v) is 12.5. The van der Waals surface area contributed by atoms with Crippen molar-refractivity contribution in [3.63, 3.8) is 0 Å². The van der Waals surface area contributed by atoms with E-state index in [9.17, 15) is 14.4 Å². The Balaban J connectivity index is 1.13. The molecule has 1 aliphatic heterocycles. The highest BCUT2D eigenvalue weighted by Crippen LogP contribution is 2.28. The van der Waals surface area contributed by atoms with Gasteiger partial charge >= 0.3 is 0 Å². The molecule has 0 radical (unpaired) electrons. The van der Waals surface area contributed by atoms with Crippen LogP contribution >= 0.6 is 11.6 Å². The monoisotopic (exact) mass is 483 g/mol. The van der Waals surface area contributed by atoms with Gasteiger partial charge in [-0.15, -0.1) is 0 Å². The number of rotatable bonds is 7. The van der Waals surface area contributed by atoms with E-state index in [1.165, 1.54) is 18.6 Å². The number of amides is 1. The van der Waals surface area contributed by atoms with E-state index in [1.54, 1.807) is 30.3 Å². The highest BCUT2D eigenvalue weighted by Gasteiger charge is 2.25. The van der Waals surface area contributed by atoms with Crippen molar-refractivity contribution in [3.8, 4) is 11.8 Å². The zero-order chi connectivity index (χ0) is 23.9. The van der Waals surface area contributed by atoms with Gasteiger partial charge in [0.15, 0.2) is 0 Å². The Hall–Kier alpha value is -2.62. The topological polar surface area (TPSA) is 65.4 Å². The van der Waals surface area contributed by atoms with Crippen LogP contribution in [0, 0.1) is 23.1 Å². The molecule has 0 spiro atoms. The minimum atomic E-state index is -0.420. The molecular weight excluding hydrogens is 453 g/mol. The lowest BCUT2D eigenvalue weighted by Crippen LogP contribution is -2.40. The molecule has 2 aromatic rings. The van der Waals surface area contributed by atoms with Crippen LogP contribution in [0.15, 0.2) is 42.5 Å². The van der Waals surface area contributed by atoms with Crippen LogP contribution in [0.4, 0.5) is 4.39 Å². The van der Waals surface area contributed by atoms with Crippen molar-refractivity contribution in [2.75, 3.05) is 19.6 Å². The number of nitriles is 1. The molecular formula is C27H31ClFN3O2. The number of halogens is 2. The normalized spacial score (nSPS) is 21.6. The van der Waals surface area contributed by atoms with E-state index in [0.717, 1.165) is 58.2 Å². The molecule has 1 aliphatic carbocycles. The molecule has 7 heteroatoms. The van der Waals surface area contributed by atoms with Gasteiger partial charge in [-0.05, 0) is 99.9 Å². The smallest absolute Gasteiger partial charge is 0.251 e. The van der Waals surface area contributed by atoms with Gasteiger partial charge in [0.05, 0.1) is 5.56 Å². The van der Waals surface area contributed by atoms with Crippen molar-refractivity contribution in [1.82, 2.24) is 10.2 Å². The van der Waals surface area contributed by atoms with Crippen LogP contribution in [0.2, 0.25) is 5.02 Å². The molecule has 1 N–H and O–H groups in total. The Labute approximate surface area is 205 Å². The minimum Gasteiger partial charge on any atom is -0.489 e. The molecule has 1 saturated heterocycles.